The number of nitrogens with one attached hydrogen (secondary N) is 1. The zero-order valence-corrected chi connectivity index (χ0v) is 10.9. The monoisotopic (exact) mass is 255 g/mol. The van der Waals surface area contributed by atoms with Crippen molar-refractivity contribution >= 4 is 17.3 Å². The van der Waals surface area contributed by atoms with Crippen LogP contribution >= 0.6 is 0 Å². The molecule has 3 nitrogen and oxygen atoms in total. The molecule has 2 rings (SSSR count). The summed E-state index contributed by atoms with van der Waals surface area (Å²) in [6.07, 6.45) is 2.12. The number of carbonyl (C=O) groups is 1. The summed E-state index contributed by atoms with van der Waals surface area (Å²) >= 11 is 0. The minimum absolute atomic E-state index is 0.299. The fourth-order valence-electron chi connectivity index (χ4n) is 1.98. The number of hydrogen-bond donors (Lipinski definition) is 2. The first-order valence-corrected chi connectivity index (χ1v) is 6.39. The molecule has 0 saturated carbocycles. The molecule has 0 aliphatic heterocycles. The van der Waals surface area contributed by atoms with E-state index >= 15 is 0 Å². The van der Waals surface area contributed by atoms with E-state index in [9.17, 15) is 4.79 Å². The first-order valence-electron chi connectivity index (χ1n) is 6.39. The van der Waals surface area contributed by atoms with Gasteiger partial charge in [0.15, 0.2) is 0 Å². The number of rotatable bonds is 5. The van der Waals surface area contributed by atoms with Crippen LogP contribution in [0.4, 0.5) is 11.4 Å². The van der Waals surface area contributed by atoms with Crippen molar-refractivity contribution in [2.45, 2.75) is 19.8 Å². The van der Waals surface area contributed by atoms with E-state index in [1.165, 1.54) is 5.56 Å². The van der Waals surface area contributed by atoms with Gasteiger partial charge >= 0.3 is 5.97 Å². The molecule has 0 saturated heterocycles. The van der Waals surface area contributed by atoms with Gasteiger partial charge in [0.1, 0.15) is 0 Å². The third-order valence-electron chi connectivity index (χ3n) is 2.95. The smallest absolute Gasteiger partial charge is 0.335 e. The molecule has 98 valence electrons. The van der Waals surface area contributed by atoms with Crippen molar-refractivity contribution < 1.29 is 9.90 Å². The average Bonchev–Trinajstić information content (AvgIpc) is 2.42. The summed E-state index contributed by atoms with van der Waals surface area (Å²) in [5.74, 6) is -0.905. The predicted molar refractivity (Wildman–Crippen MR) is 77.1 cm³/mol. The maximum absolute atomic E-state index is 10.8. The molecule has 2 aromatic carbocycles. The van der Waals surface area contributed by atoms with Crippen LogP contribution in [0.3, 0.4) is 0 Å². The Balaban J connectivity index is 2.19. The molecule has 0 fully saturated rings. The topological polar surface area (TPSA) is 49.3 Å². The van der Waals surface area contributed by atoms with Crippen LogP contribution < -0.4 is 5.32 Å². The van der Waals surface area contributed by atoms with Crippen LogP contribution in [0.25, 0.3) is 0 Å². The molecule has 0 spiro atoms. The van der Waals surface area contributed by atoms with Gasteiger partial charge in [0.2, 0.25) is 0 Å². The van der Waals surface area contributed by atoms with Crippen LogP contribution in [0.2, 0.25) is 0 Å². The minimum atomic E-state index is -0.905. The zero-order chi connectivity index (χ0) is 13.7. The highest BCUT2D eigenvalue weighted by atomic mass is 16.4. The van der Waals surface area contributed by atoms with Gasteiger partial charge in [0, 0.05) is 11.4 Å². The van der Waals surface area contributed by atoms with E-state index in [2.05, 4.69) is 18.3 Å². The molecule has 19 heavy (non-hydrogen) atoms. The molecular weight excluding hydrogens is 238 g/mol. The van der Waals surface area contributed by atoms with Crippen LogP contribution in [0.15, 0.2) is 48.5 Å². The number of para-hydroxylation sites is 1. The lowest BCUT2D eigenvalue weighted by Crippen LogP contribution is -1.98. The number of carboxylic acid groups (broad SMARTS) is 1. The van der Waals surface area contributed by atoms with Crippen molar-refractivity contribution in [2.75, 3.05) is 5.32 Å². The summed E-state index contributed by atoms with van der Waals surface area (Å²) in [6.45, 7) is 2.15. The average molecular weight is 255 g/mol. The zero-order valence-electron chi connectivity index (χ0n) is 10.9. The Morgan fingerprint density at radius 1 is 1.11 bits per heavy atom. The number of carboxylic acids is 1. The second kappa shape index (κ2) is 6.05. The Kier molecular flexibility index (Phi) is 4.18. The van der Waals surface area contributed by atoms with Gasteiger partial charge in [-0.15, -0.1) is 0 Å². The predicted octanol–water partition coefficient (Wildman–Crippen LogP) is 4.08. The van der Waals surface area contributed by atoms with Gasteiger partial charge in [-0.25, -0.2) is 4.79 Å². The van der Waals surface area contributed by atoms with Crippen molar-refractivity contribution in [2.24, 2.45) is 0 Å². The number of aromatic carboxylic acids is 1. The van der Waals surface area contributed by atoms with E-state index in [1.54, 1.807) is 24.3 Å². The van der Waals surface area contributed by atoms with Crippen LogP contribution in [-0.2, 0) is 6.42 Å². The van der Waals surface area contributed by atoms with E-state index in [0.29, 0.717) is 5.56 Å². The second-order valence-electron chi connectivity index (χ2n) is 4.41. The Labute approximate surface area is 112 Å². The van der Waals surface area contributed by atoms with E-state index in [4.69, 9.17) is 5.11 Å². The largest absolute Gasteiger partial charge is 0.478 e. The standard InChI is InChI=1S/C16H17NO2/c1-2-5-12-6-3-4-7-15(12)17-14-10-8-13(9-11-14)16(18)19/h3-4,6-11,17H,2,5H2,1H3,(H,18,19). The number of hydrogen-bond acceptors (Lipinski definition) is 2. The minimum Gasteiger partial charge on any atom is -0.478 e. The molecule has 2 aromatic rings. The lowest BCUT2D eigenvalue weighted by atomic mass is 10.1. The Morgan fingerprint density at radius 3 is 2.42 bits per heavy atom. The van der Waals surface area contributed by atoms with E-state index in [1.807, 2.05) is 18.2 Å². The Hall–Kier alpha value is -2.29. The third kappa shape index (κ3) is 3.35. The summed E-state index contributed by atoms with van der Waals surface area (Å²) in [5, 5.41) is 12.2. The first-order chi connectivity index (χ1) is 9.20. The molecule has 0 unspecified atom stereocenters. The van der Waals surface area contributed by atoms with Crippen molar-refractivity contribution in [3.63, 3.8) is 0 Å². The van der Waals surface area contributed by atoms with E-state index in [0.717, 1.165) is 24.2 Å². The highest BCUT2D eigenvalue weighted by molar-refractivity contribution is 5.88. The van der Waals surface area contributed by atoms with Gasteiger partial charge in [-0.05, 0) is 42.3 Å². The van der Waals surface area contributed by atoms with Crippen LogP contribution in [0, 0.1) is 0 Å². The quantitative estimate of drug-likeness (QED) is 0.846. The molecule has 0 radical (unpaired) electrons. The molecule has 2 N–H and O–H groups in total. The third-order valence-corrected chi connectivity index (χ3v) is 2.95. The van der Waals surface area contributed by atoms with E-state index in [-0.39, 0.29) is 0 Å². The molecular formula is C16H17NO2. The molecule has 0 aliphatic rings. The number of anilines is 2. The van der Waals surface area contributed by atoms with Gasteiger partial charge in [-0.2, -0.15) is 0 Å². The van der Waals surface area contributed by atoms with Gasteiger partial charge in [0.25, 0.3) is 0 Å². The lowest BCUT2D eigenvalue weighted by molar-refractivity contribution is 0.0697. The second-order valence-corrected chi connectivity index (χ2v) is 4.41. The maximum atomic E-state index is 10.8. The molecule has 3 heteroatoms. The summed E-state index contributed by atoms with van der Waals surface area (Å²) in [7, 11) is 0. The van der Waals surface area contributed by atoms with Crippen LogP contribution in [0.1, 0.15) is 29.3 Å². The van der Waals surface area contributed by atoms with E-state index < -0.39 is 5.97 Å². The van der Waals surface area contributed by atoms with Gasteiger partial charge < -0.3 is 10.4 Å². The van der Waals surface area contributed by atoms with Crippen LogP contribution in [0.5, 0.6) is 0 Å². The summed E-state index contributed by atoms with van der Waals surface area (Å²) in [6, 6.07) is 14.9. The summed E-state index contributed by atoms with van der Waals surface area (Å²) < 4.78 is 0. The fraction of sp³-hybridized carbons (Fsp3) is 0.188. The summed E-state index contributed by atoms with van der Waals surface area (Å²) in [4.78, 5) is 10.8. The van der Waals surface area contributed by atoms with Gasteiger partial charge in [-0.1, -0.05) is 31.5 Å². The number of benzene rings is 2. The number of aryl methyl sites for hydroxylation is 1. The molecule has 0 atom stereocenters. The van der Waals surface area contributed by atoms with Crippen molar-refractivity contribution in [1.82, 2.24) is 0 Å². The molecule has 0 heterocycles. The van der Waals surface area contributed by atoms with Crippen molar-refractivity contribution in [1.29, 1.82) is 0 Å². The molecule has 0 bridgehead atoms. The van der Waals surface area contributed by atoms with Gasteiger partial charge in [0.05, 0.1) is 5.56 Å². The van der Waals surface area contributed by atoms with Crippen molar-refractivity contribution in [3.05, 3.63) is 59.7 Å². The summed E-state index contributed by atoms with van der Waals surface area (Å²) in [5.41, 5.74) is 3.54. The molecule has 0 amide bonds. The van der Waals surface area contributed by atoms with Gasteiger partial charge in [-0.3, -0.25) is 0 Å². The molecule has 0 aliphatic carbocycles. The fourth-order valence-corrected chi connectivity index (χ4v) is 1.98. The van der Waals surface area contributed by atoms with Crippen LogP contribution in [-0.4, -0.2) is 11.1 Å². The van der Waals surface area contributed by atoms with Crippen molar-refractivity contribution in [3.8, 4) is 0 Å². The Morgan fingerprint density at radius 2 is 1.79 bits per heavy atom. The normalized spacial score (nSPS) is 10.2. The lowest BCUT2D eigenvalue weighted by Gasteiger charge is -2.11. The SMILES string of the molecule is CCCc1ccccc1Nc1ccc(C(=O)O)cc1. The maximum Gasteiger partial charge on any atom is 0.335 e. The highest BCUT2D eigenvalue weighted by Gasteiger charge is 2.04. The Bertz CT molecular complexity index is 561. The molecule has 0 aromatic heterocycles. The first kappa shape index (κ1) is 13.1. The highest BCUT2D eigenvalue weighted by Crippen LogP contribution is 2.22.